The molecule has 0 aliphatic carbocycles. The summed E-state index contributed by atoms with van der Waals surface area (Å²) >= 11 is 0. The topological polar surface area (TPSA) is 114 Å². The van der Waals surface area contributed by atoms with Crippen LogP contribution in [0.4, 0.5) is 10.5 Å². The predicted molar refractivity (Wildman–Crippen MR) is 86.7 cm³/mol. The van der Waals surface area contributed by atoms with E-state index in [1.54, 1.807) is 32.9 Å². The van der Waals surface area contributed by atoms with E-state index in [4.69, 9.17) is 9.84 Å². The highest BCUT2D eigenvalue weighted by Gasteiger charge is 2.21. The van der Waals surface area contributed by atoms with Gasteiger partial charge in [-0.15, -0.1) is 0 Å². The second kappa shape index (κ2) is 8.30. The molecule has 0 radical (unpaired) electrons. The highest BCUT2D eigenvalue weighted by Crippen LogP contribution is 2.14. The van der Waals surface area contributed by atoms with Crippen LogP contribution in [0.1, 0.15) is 31.1 Å². The van der Waals surface area contributed by atoms with Crippen molar-refractivity contribution in [2.24, 2.45) is 0 Å². The van der Waals surface area contributed by atoms with Gasteiger partial charge in [0.2, 0.25) is 0 Å². The van der Waals surface area contributed by atoms with Gasteiger partial charge in [-0.2, -0.15) is 0 Å². The zero-order valence-electron chi connectivity index (χ0n) is 14.1. The molecule has 0 spiro atoms. The number of methoxy groups -OCH3 is 1. The number of esters is 1. The second-order valence-corrected chi connectivity index (χ2v) is 5.94. The third kappa shape index (κ3) is 6.25. The molecule has 0 saturated carbocycles. The van der Waals surface area contributed by atoms with Crippen molar-refractivity contribution < 1.29 is 29.0 Å². The number of anilines is 1. The van der Waals surface area contributed by atoms with E-state index in [0.29, 0.717) is 5.69 Å². The van der Waals surface area contributed by atoms with E-state index in [1.807, 2.05) is 0 Å². The van der Waals surface area contributed by atoms with Gasteiger partial charge in [0.15, 0.2) is 6.04 Å². The molecule has 0 saturated heterocycles. The van der Waals surface area contributed by atoms with E-state index in [1.165, 1.54) is 12.1 Å². The number of amides is 2. The van der Waals surface area contributed by atoms with Gasteiger partial charge in [-0.3, -0.25) is 10.1 Å². The SMILES string of the molecule is COC(=O)[C@@H](CO)NC(=O)c1cccc(NC(=O)OC(C)(C)C)c1. The number of aliphatic hydroxyl groups excluding tert-OH is 1. The summed E-state index contributed by atoms with van der Waals surface area (Å²) in [6.45, 7) is 4.61. The van der Waals surface area contributed by atoms with E-state index >= 15 is 0 Å². The maximum Gasteiger partial charge on any atom is 0.412 e. The molecule has 0 aliphatic rings. The van der Waals surface area contributed by atoms with Crippen molar-refractivity contribution in [3.8, 4) is 0 Å². The van der Waals surface area contributed by atoms with E-state index in [9.17, 15) is 14.4 Å². The van der Waals surface area contributed by atoms with E-state index in [0.717, 1.165) is 7.11 Å². The van der Waals surface area contributed by atoms with Crippen LogP contribution in [0.3, 0.4) is 0 Å². The maximum atomic E-state index is 12.1. The van der Waals surface area contributed by atoms with Crippen molar-refractivity contribution >= 4 is 23.7 Å². The highest BCUT2D eigenvalue weighted by atomic mass is 16.6. The van der Waals surface area contributed by atoms with Crippen LogP contribution in [0.15, 0.2) is 24.3 Å². The predicted octanol–water partition coefficient (Wildman–Crippen LogP) is 1.30. The highest BCUT2D eigenvalue weighted by molar-refractivity contribution is 5.98. The number of benzene rings is 1. The quantitative estimate of drug-likeness (QED) is 0.697. The van der Waals surface area contributed by atoms with Crippen LogP contribution in [0.2, 0.25) is 0 Å². The Morgan fingerprint density at radius 3 is 2.46 bits per heavy atom. The molecule has 1 rings (SSSR count). The average Bonchev–Trinajstić information content (AvgIpc) is 2.49. The van der Waals surface area contributed by atoms with E-state index < -0.39 is 36.2 Å². The lowest BCUT2D eigenvalue weighted by Gasteiger charge is -2.19. The number of carbonyl (C=O) groups is 3. The van der Waals surface area contributed by atoms with Crippen molar-refractivity contribution in [1.82, 2.24) is 5.32 Å². The summed E-state index contributed by atoms with van der Waals surface area (Å²) in [5.74, 6) is -1.35. The Balaban J connectivity index is 2.79. The van der Waals surface area contributed by atoms with Crippen molar-refractivity contribution in [3.05, 3.63) is 29.8 Å². The average molecular weight is 338 g/mol. The molecule has 8 nitrogen and oxygen atoms in total. The number of carbonyl (C=O) groups excluding carboxylic acids is 3. The fraction of sp³-hybridized carbons (Fsp3) is 0.438. The first kappa shape index (κ1) is 19.4. The summed E-state index contributed by atoms with van der Waals surface area (Å²) in [5.41, 5.74) is -0.0880. The van der Waals surface area contributed by atoms with Gasteiger partial charge in [-0.25, -0.2) is 9.59 Å². The molecule has 1 aromatic carbocycles. The minimum absolute atomic E-state index is 0.200. The maximum absolute atomic E-state index is 12.1. The Morgan fingerprint density at radius 2 is 1.92 bits per heavy atom. The molecule has 2 amide bonds. The van der Waals surface area contributed by atoms with Crippen molar-refractivity contribution in [2.75, 3.05) is 19.0 Å². The molecule has 1 aromatic rings. The molecule has 0 aliphatic heterocycles. The Bertz CT molecular complexity index is 609. The van der Waals surface area contributed by atoms with Crippen LogP contribution < -0.4 is 10.6 Å². The number of hydrogen-bond acceptors (Lipinski definition) is 6. The number of rotatable bonds is 5. The molecule has 132 valence electrons. The Hall–Kier alpha value is -2.61. The van der Waals surface area contributed by atoms with Gasteiger partial charge in [0, 0.05) is 11.3 Å². The van der Waals surface area contributed by atoms with Crippen LogP contribution in [-0.4, -0.2) is 48.4 Å². The first-order valence-electron chi connectivity index (χ1n) is 7.26. The first-order valence-corrected chi connectivity index (χ1v) is 7.26. The zero-order valence-corrected chi connectivity index (χ0v) is 14.1. The fourth-order valence-electron chi connectivity index (χ4n) is 1.72. The van der Waals surface area contributed by atoms with E-state index in [2.05, 4.69) is 15.4 Å². The zero-order chi connectivity index (χ0) is 18.3. The van der Waals surface area contributed by atoms with E-state index in [-0.39, 0.29) is 5.56 Å². The molecule has 3 N–H and O–H groups in total. The molecule has 0 heterocycles. The molecule has 8 heteroatoms. The lowest BCUT2D eigenvalue weighted by Crippen LogP contribution is -2.44. The third-order valence-electron chi connectivity index (χ3n) is 2.74. The number of nitrogens with one attached hydrogen (secondary N) is 2. The van der Waals surface area contributed by atoms with Crippen LogP contribution in [0, 0.1) is 0 Å². The Labute approximate surface area is 140 Å². The fourth-order valence-corrected chi connectivity index (χ4v) is 1.72. The summed E-state index contributed by atoms with van der Waals surface area (Å²) in [4.78, 5) is 35.2. The summed E-state index contributed by atoms with van der Waals surface area (Å²) in [7, 11) is 1.16. The summed E-state index contributed by atoms with van der Waals surface area (Å²) in [5, 5.41) is 14.0. The summed E-state index contributed by atoms with van der Waals surface area (Å²) in [6, 6.07) is 4.91. The largest absolute Gasteiger partial charge is 0.467 e. The molecular weight excluding hydrogens is 316 g/mol. The molecule has 24 heavy (non-hydrogen) atoms. The van der Waals surface area contributed by atoms with Crippen LogP contribution >= 0.6 is 0 Å². The molecule has 0 unspecified atom stereocenters. The van der Waals surface area contributed by atoms with Crippen LogP contribution in [0.5, 0.6) is 0 Å². The molecular formula is C16H22N2O6. The monoisotopic (exact) mass is 338 g/mol. The summed E-state index contributed by atoms with van der Waals surface area (Å²) < 4.78 is 9.60. The van der Waals surface area contributed by atoms with Crippen molar-refractivity contribution in [2.45, 2.75) is 32.4 Å². The van der Waals surface area contributed by atoms with Crippen LogP contribution in [-0.2, 0) is 14.3 Å². The smallest absolute Gasteiger partial charge is 0.412 e. The standard InChI is InChI=1S/C16H22N2O6/c1-16(2,3)24-15(22)17-11-7-5-6-10(8-11)13(20)18-12(9-19)14(21)23-4/h5-8,12,19H,9H2,1-4H3,(H,17,22)(H,18,20)/t12-/m1/s1. The van der Waals surface area contributed by atoms with Gasteiger partial charge < -0.3 is 19.9 Å². The first-order chi connectivity index (χ1) is 11.2. The van der Waals surface area contributed by atoms with Gasteiger partial charge in [0.05, 0.1) is 13.7 Å². The van der Waals surface area contributed by atoms with Crippen molar-refractivity contribution in [1.29, 1.82) is 0 Å². The Morgan fingerprint density at radius 1 is 1.25 bits per heavy atom. The number of ether oxygens (including phenoxy) is 2. The van der Waals surface area contributed by atoms with Crippen molar-refractivity contribution in [3.63, 3.8) is 0 Å². The molecule has 0 aromatic heterocycles. The lowest BCUT2D eigenvalue weighted by atomic mass is 10.1. The lowest BCUT2D eigenvalue weighted by molar-refractivity contribution is -0.143. The minimum atomic E-state index is -1.16. The summed E-state index contributed by atoms with van der Waals surface area (Å²) in [6.07, 6.45) is -0.650. The van der Waals surface area contributed by atoms with Gasteiger partial charge in [0.25, 0.3) is 5.91 Å². The molecule has 0 bridgehead atoms. The van der Waals surface area contributed by atoms with Gasteiger partial charge in [-0.05, 0) is 39.0 Å². The molecule has 0 fully saturated rings. The van der Waals surface area contributed by atoms with Gasteiger partial charge in [-0.1, -0.05) is 6.07 Å². The molecule has 1 atom stereocenters. The Kier molecular flexibility index (Phi) is 6.72. The van der Waals surface area contributed by atoms with Gasteiger partial charge >= 0.3 is 12.1 Å². The van der Waals surface area contributed by atoms with Crippen LogP contribution in [0.25, 0.3) is 0 Å². The number of hydrogen-bond donors (Lipinski definition) is 3. The second-order valence-electron chi connectivity index (χ2n) is 5.94. The third-order valence-corrected chi connectivity index (χ3v) is 2.74. The minimum Gasteiger partial charge on any atom is -0.467 e. The number of aliphatic hydroxyl groups is 1. The normalized spacial score (nSPS) is 12.0. The van der Waals surface area contributed by atoms with Gasteiger partial charge in [0.1, 0.15) is 5.60 Å².